The number of carbonyl (C=O) groups excluding carboxylic acids is 5. The van der Waals surface area contributed by atoms with Gasteiger partial charge in [-0.1, -0.05) is 48.5 Å². The van der Waals surface area contributed by atoms with Gasteiger partial charge in [0.2, 0.25) is 23.3 Å². The molecule has 3 atom stereocenters. The average Bonchev–Trinajstić information content (AvgIpc) is 2.80. The molecule has 0 fully saturated rings. The second-order valence-corrected chi connectivity index (χ2v) is 6.91. The molecule has 0 saturated heterocycles. The van der Waals surface area contributed by atoms with Crippen molar-refractivity contribution in [1.29, 1.82) is 0 Å². The molecule has 0 spiro atoms. The first-order chi connectivity index (χ1) is 15.1. The SMILES string of the molecule is CC(=O)OC(C(=O)C(C)=O)C(O)(C(=O)c1ccccc1)C(O)COC(=O)c1ccccc1. The van der Waals surface area contributed by atoms with E-state index in [1.807, 2.05) is 0 Å². The molecule has 3 unspecified atom stereocenters. The number of hydrogen-bond donors (Lipinski definition) is 2. The third-order valence-electron chi connectivity index (χ3n) is 4.56. The van der Waals surface area contributed by atoms with Gasteiger partial charge in [0, 0.05) is 19.4 Å². The van der Waals surface area contributed by atoms with Gasteiger partial charge in [0.05, 0.1) is 5.56 Å². The number of benzene rings is 2. The summed E-state index contributed by atoms with van der Waals surface area (Å²) in [7, 11) is 0. The highest BCUT2D eigenvalue weighted by molar-refractivity contribution is 6.39. The minimum absolute atomic E-state index is 0.133. The van der Waals surface area contributed by atoms with Crippen molar-refractivity contribution < 1.29 is 43.7 Å². The standard InChI is InChI=1S/C23H22O9/c1-14(24)19(27)21(32-15(2)25)23(30,20(28)16-9-5-3-6-10-16)18(26)13-31-22(29)17-11-7-4-8-12-17/h3-12,18,21,26,30H,13H2,1-2H3. The lowest BCUT2D eigenvalue weighted by molar-refractivity contribution is -0.179. The minimum Gasteiger partial charge on any atom is -0.459 e. The number of aliphatic hydroxyl groups excluding tert-OH is 1. The Bertz CT molecular complexity index is 1000. The molecule has 2 N–H and O–H groups in total. The maximum absolute atomic E-state index is 13.2. The Morgan fingerprint density at radius 1 is 0.875 bits per heavy atom. The van der Waals surface area contributed by atoms with Crippen LogP contribution < -0.4 is 0 Å². The van der Waals surface area contributed by atoms with Crippen LogP contribution in [0.1, 0.15) is 34.6 Å². The van der Waals surface area contributed by atoms with Crippen LogP contribution in [0.3, 0.4) is 0 Å². The molecule has 0 radical (unpaired) electrons. The molecule has 0 aliphatic carbocycles. The number of carbonyl (C=O) groups is 5. The molecule has 2 aromatic rings. The lowest BCUT2D eigenvalue weighted by Gasteiger charge is -2.36. The van der Waals surface area contributed by atoms with Crippen LogP contribution in [0.25, 0.3) is 0 Å². The van der Waals surface area contributed by atoms with Crippen LogP contribution >= 0.6 is 0 Å². The van der Waals surface area contributed by atoms with Crippen LogP contribution in [-0.2, 0) is 23.9 Å². The fourth-order valence-electron chi connectivity index (χ4n) is 2.90. The number of hydrogen-bond acceptors (Lipinski definition) is 9. The van der Waals surface area contributed by atoms with Gasteiger partial charge in [-0.3, -0.25) is 19.2 Å². The Kier molecular flexibility index (Phi) is 8.11. The first kappa shape index (κ1) is 24.6. The zero-order valence-corrected chi connectivity index (χ0v) is 17.4. The summed E-state index contributed by atoms with van der Waals surface area (Å²) in [6.45, 7) is 0.815. The quantitative estimate of drug-likeness (QED) is 0.311. The molecule has 0 aliphatic rings. The van der Waals surface area contributed by atoms with Crippen molar-refractivity contribution in [2.45, 2.75) is 31.7 Å². The zero-order chi connectivity index (χ0) is 23.9. The molecule has 0 amide bonds. The first-order valence-corrected chi connectivity index (χ1v) is 9.53. The van der Waals surface area contributed by atoms with E-state index in [0.29, 0.717) is 0 Å². The topological polar surface area (TPSA) is 144 Å². The van der Waals surface area contributed by atoms with Gasteiger partial charge in [0.25, 0.3) is 0 Å². The number of ketones is 3. The van der Waals surface area contributed by atoms with Crippen LogP contribution in [0.4, 0.5) is 0 Å². The largest absolute Gasteiger partial charge is 0.459 e. The van der Waals surface area contributed by atoms with Crippen molar-refractivity contribution in [3.05, 3.63) is 71.8 Å². The summed E-state index contributed by atoms with van der Waals surface area (Å²) in [5.74, 6) is -5.70. The fraction of sp³-hybridized carbons (Fsp3) is 0.261. The minimum atomic E-state index is -3.12. The van der Waals surface area contributed by atoms with E-state index < -0.39 is 53.7 Å². The summed E-state index contributed by atoms with van der Waals surface area (Å²) in [5, 5.41) is 22.0. The van der Waals surface area contributed by atoms with E-state index >= 15 is 0 Å². The van der Waals surface area contributed by atoms with Gasteiger partial charge in [-0.25, -0.2) is 4.79 Å². The van der Waals surface area contributed by atoms with E-state index in [1.54, 1.807) is 24.3 Å². The molecule has 168 valence electrons. The molecule has 0 bridgehead atoms. The molecule has 2 rings (SSSR count). The van der Waals surface area contributed by atoms with Crippen molar-refractivity contribution in [3.8, 4) is 0 Å². The van der Waals surface area contributed by atoms with Crippen molar-refractivity contribution in [2.24, 2.45) is 0 Å². The molecular formula is C23H22O9. The number of rotatable bonds is 10. The van der Waals surface area contributed by atoms with Gasteiger partial charge in [-0.05, 0) is 12.1 Å². The van der Waals surface area contributed by atoms with Crippen LogP contribution in [0, 0.1) is 0 Å². The zero-order valence-electron chi connectivity index (χ0n) is 17.4. The fourth-order valence-corrected chi connectivity index (χ4v) is 2.90. The van der Waals surface area contributed by atoms with Crippen molar-refractivity contribution in [1.82, 2.24) is 0 Å². The van der Waals surface area contributed by atoms with Crippen LogP contribution in [0.5, 0.6) is 0 Å². The summed E-state index contributed by atoms with van der Waals surface area (Å²) in [6.07, 6.45) is -4.59. The molecule has 0 aromatic heterocycles. The van der Waals surface area contributed by atoms with E-state index in [4.69, 9.17) is 9.47 Å². The molecule has 0 aliphatic heterocycles. The summed E-state index contributed by atoms with van der Waals surface area (Å²) in [5.41, 5.74) is -3.13. The van der Waals surface area contributed by atoms with E-state index in [0.717, 1.165) is 13.8 Å². The Labute approximate surface area is 183 Å². The number of esters is 2. The second kappa shape index (κ2) is 10.6. The molecular weight excluding hydrogens is 420 g/mol. The second-order valence-electron chi connectivity index (χ2n) is 6.91. The number of aliphatic hydroxyl groups is 2. The van der Waals surface area contributed by atoms with E-state index in [1.165, 1.54) is 36.4 Å². The smallest absolute Gasteiger partial charge is 0.338 e. The molecule has 0 saturated carbocycles. The third kappa shape index (κ3) is 5.51. The lowest BCUT2D eigenvalue weighted by atomic mass is 9.80. The highest BCUT2D eigenvalue weighted by Gasteiger charge is 2.56. The van der Waals surface area contributed by atoms with Gasteiger partial charge in [0.1, 0.15) is 12.7 Å². The van der Waals surface area contributed by atoms with Crippen LogP contribution in [-0.4, -0.2) is 63.9 Å². The first-order valence-electron chi connectivity index (χ1n) is 9.53. The van der Waals surface area contributed by atoms with Crippen molar-refractivity contribution >= 4 is 29.3 Å². The average molecular weight is 442 g/mol. The van der Waals surface area contributed by atoms with E-state index in [9.17, 15) is 34.2 Å². The molecule has 9 heteroatoms. The molecule has 0 heterocycles. The predicted octanol–water partition coefficient (Wildman–Crippen LogP) is 0.908. The Morgan fingerprint density at radius 3 is 1.84 bits per heavy atom. The Morgan fingerprint density at radius 2 is 1.38 bits per heavy atom. The van der Waals surface area contributed by atoms with Gasteiger partial charge >= 0.3 is 11.9 Å². The van der Waals surface area contributed by atoms with E-state index in [2.05, 4.69) is 0 Å². The van der Waals surface area contributed by atoms with Gasteiger partial charge < -0.3 is 19.7 Å². The number of Topliss-reactive ketones (excluding diaryl/α,β-unsaturated/α-hetero) is 3. The molecule has 32 heavy (non-hydrogen) atoms. The molecule has 9 nitrogen and oxygen atoms in total. The highest BCUT2D eigenvalue weighted by atomic mass is 16.6. The Balaban J connectivity index is 2.44. The maximum atomic E-state index is 13.2. The van der Waals surface area contributed by atoms with Crippen molar-refractivity contribution in [2.75, 3.05) is 6.61 Å². The summed E-state index contributed by atoms with van der Waals surface area (Å²) in [6, 6.07) is 14.8. The Hall–Kier alpha value is -3.69. The maximum Gasteiger partial charge on any atom is 0.338 e. The lowest BCUT2D eigenvalue weighted by Crippen LogP contribution is -2.64. The molecule has 2 aromatic carbocycles. The van der Waals surface area contributed by atoms with Gasteiger partial charge in [-0.15, -0.1) is 0 Å². The van der Waals surface area contributed by atoms with Gasteiger partial charge in [-0.2, -0.15) is 0 Å². The summed E-state index contributed by atoms with van der Waals surface area (Å²) >= 11 is 0. The summed E-state index contributed by atoms with van der Waals surface area (Å²) in [4.78, 5) is 61.1. The summed E-state index contributed by atoms with van der Waals surface area (Å²) < 4.78 is 9.79. The third-order valence-corrected chi connectivity index (χ3v) is 4.56. The monoisotopic (exact) mass is 442 g/mol. The normalized spacial score (nSPS) is 14.4. The van der Waals surface area contributed by atoms with Crippen LogP contribution in [0.15, 0.2) is 60.7 Å². The van der Waals surface area contributed by atoms with Crippen molar-refractivity contribution in [3.63, 3.8) is 0 Å². The number of ether oxygens (including phenoxy) is 2. The van der Waals surface area contributed by atoms with Gasteiger partial charge in [0.15, 0.2) is 5.78 Å². The van der Waals surface area contributed by atoms with Crippen LogP contribution in [0.2, 0.25) is 0 Å². The predicted molar refractivity (Wildman–Crippen MR) is 110 cm³/mol. The van der Waals surface area contributed by atoms with E-state index in [-0.39, 0.29) is 11.1 Å². The highest BCUT2D eigenvalue weighted by Crippen LogP contribution is 2.27.